The summed E-state index contributed by atoms with van der Waals surface area (Å²) >= 11 is 0. The SMILES string of the molecule is CC(N)CCNC(=O)C1=CN2CCS(=O)(=O)N=C2C=C1. The Hall–Kier alpha value is -1.67. The lowest BCUT2D eigenvalue weighted by atomic mass is 10.1. The summed E-state index contributed by atoms with van der Waals surface area (Å²) in [6.45, 7) is 2.70. The van der Waals surface area contributed by atoms with Crippen molar-refractivity contribution >= 4 is 21.8 Å². The molecule has 0 radical (unpaired) electrons. The van der Waals surface area contributed by atoms with E-state index in [1.807, 2.05) is 6.92 Å². The van der Waals surface area contributed by atoms with Crippen LogP contribution in [0.1, 0.15) is 13.3 Å². The number of sulfonamides is 1. The molecule has 3 N–H and O–H groups in total. The molecular weight excluding hydrogens is 280 g/mol. The van der Waals surface area contributed by atoms with Crippen LogP contribution in [0.5, 0.6) is 0 Å². The van der Waals surface area contributed by atoms with Crippen LogP contribution in [-0.2, 0) is 14.8 Å². The van der Waals surface area contributed by atoms with E-state index in [-0.39, 0.29) is 17.7 Å². The first-order valence-corrected chi connectivity index (χ1v) is 8.01. The van der Waals surface area contributed by atoms with Crippen LogP contribution in [-0.4, -0.2) is 49.9 Å². The van der Waals surface area contributed by atoms with Gasteiger partial charge in [-0.05, 0) is 25.5 Å². The maximum absolute atomic E-state index is 11.9. The number of carbonyl (C=O) groups excluding carboxylic acids is 1. The molecule has 2 aliphatic heterocycles. The van der Waals surface area contributed by atoms with Gasteiger partial charge >= 0.3 is 0 Å². The van der Waals surface area contributed by atoms with Crippen LogP contribution >= 0.6 is 0 Å². The fourth-order valence-electron chi connectivity index (χ4n) is 1.85. The summed E-state index contributed by atoms with van der Waals surface area (Å²) < 4.78 is 26.4. The van der Waals surface area contributed by atoms with E-state index < -0.39 is 10.0 Å². The molecule has 1 amide bonds. The predicted octanol–water partition coefficient (Wildman–Crippen LogP) is -0.662. The summed E-state index contributed by atoms with van der Waals surface area (Å²) in [6, 6.07) is 0.0391. The molecule has 1 atom stereocenters. The van der Waals surface area contributed by atoms with Gasteiger partial charge in [-0.15, -0.1) is 4.40 Å². The Kier molecular flexibility index (Phi) is 4.24. The van der Waals surface area contributed by atoms with E-state index in [0.29, 0.717) is 30.9 Å². The minimum absolute atomic E-state index is 0.0391. The van der Waals surface area contributed by atoms with Crippen molar-refractivity contribution in [3.63, 3.8) is 0 Å². The van der Waals surface area contributed by atoms with E-state index in [4.69, 9.17) is 5.73 Å². The van der Waals surface area contributed by atoms with Crippen molar-refractivity contribution < 1.29 is 13.2 Å². The largest absolute Gasteiger partial charge is 0.352 e. The van der Waals surface area contributed by atoms with Gasteiger partial charge in [0, 0.05) is 25.3 Å². The lowest BCUT2D eigenvalue weighted by Gasteiger charge is -2.26. The monoisotopic (exact) mass is 298 g/mol. The van der Waals surface area contributed by atoms with E-state index in [2.05, 4.69) is 9.71 Å². The highest BCUT2D eigenvalue weighted by Gasteiger charge is 2.24. The van der Waals surface area contributed by atoms with Gasteiger partial charge in [-0.3, -0.25) is 4.79 Å². The molecule has 0 aliphatic carbocycles. The molecule has 2 rings (SSSR count). The quantitative estimate of drug-likeness (QED) is 0.716. The molecule has 7 nitrogen and oxygen atoms in total. The fourth-order valence-corrected chi connectivity index (χ4v) is 2.82. The van der Waals surface area contributed by atoms with Gasteiger partial charge in [0.2, 0.25) is 0 Å². The molecule has 0 spiro atoms. The Balaban J connectivity index is 2.01. The van der Waals surface area contributed by atoms with Gasteiger partial charge in [-0.25, -0.2) is 8.42 Å². The van der Waals surface area contributed by atoms with E-state index in [1.54, 1.807) is 17.2 Å². The van der Waals surface area contributed by atoms with Gasteiger partial charge in [-0.2, -0.15) is 0 Å². The second-order valence-corrected chi connectivity index (χ2v) is 6.62. The Morgan fingerprint density at radius 2 is 2.30 bits per heavy atom. The summed E-state index contributed by atoms with van der Waals surface area (Å²) in [6.07, 6.45) is 5.43. The lowest BCUT2D eigenvalue weighted by molar-refractivity contribution is -0.117. The van der Waals surface area contributed by atoms with Crippen molar-refractivity contribution in [1.29, 1.82) is 0 Å². The van der Waals surface area contributed by atoms with E-state index in [9.17, 15) is 13.2 Å². The summed E-state index contributed by atoms with van der Waals surface area (Å²) in [4.78, 5) is 13.6. The molecule has 20 heavy (non-hydrogen) atoms. The van der Waals surface area contributed by atoms with Crippen molar-refractivity contribution in [3.05, 3.63) is 23.9 Å². The van der Waals surface area contributed by atoms with Gasteiger partial charge in [0.05, 0.1) is 11.3 Å². The van der Waals surface area contributed by atoms with Gasteiger partial charge in [0.25, 0.3) is 15.9 Å². The van der Waals surface area contributed by atoms with Gasteiger partial charge in [0.15, 0.2) is 0 Å². The zero-order valence-electron chi connectivity index (χ0n) is 11.2. The van der Waals surface area contributed by atoms with Crippen LogP contribution in [0, 0.1) is 0 Å². The molecular formula is C12H18N4O3S. The normalized spacial score (nSPS) is 21.6. The third kappa shape index (κ3) is 3.67. The molecule has 0 saturated carbocycles. The number of nitrogens with one attached hydrogen (secondary N) is 1. The number of hydrogen-bond acceptors (Lipinski definition) is 5. The smallest absolute Gasteiger partial charge is 0.256 e. The number of amidine groups is 1. The molecule has 0 aromatic rings. The third-order valence-corrected chi connectivity index (χ3v) is 4.14. The number of rotatable bonds is 4. The van der Waals surface area contributed by atoms with Crippen LogP contribution in [0.2, 0.25) is 0 Å². The molecule has 0 bridgehead atoms. The summed E-state index contributed by atoms with van der Waals surface area (Å²) in [5.74, 6) is 0.109. The predicted molar refractivity (Wildman–Crippen MR) is 76.4 cm³/mol. The van der Waals surface area contributed by atoms with Crippen molar-refractivity contribution in [3.8, 4) is 0 Å². The lowest BCUT2D eigenvalue weighted by Crippen LogP contribution is -2.38. The maximum atomic E-state index is 11.9. The Morgan fingerprint density at radius 3 is 3.00 bits per heavy atom. The van der Waals surface area contributed by atoms with Gasteiger partial charge in [0.1, 0.15) is 5.84 Å². The van der Waals surface area contributed by atoms with E-state index in [1.165, 1.54) is 6.08 Å². The molecule has 8 heteroatoms. The molecule has 2 aliphatic rings. The van der Waals surface area contributed by atoms with Crippen LogP contribution in [0.25, 0.3) is 0 Å². The van der Waals surface area contributed by atoms with Gasteiger partial charge < -0.3 is 16.0 Å². The maximum Gasteiger partial charge on any atom is 0.256 e. The standard InChI is InChI=1S/C12H18N4O3S/c1-9(13)4-5-14-12(17)10-2-3-11-15-20(18,19)7-6-16(11)8-10/h2-3,8-9H,4-7,13H2,1H3,(H,14,17). The molecule has 2 heterocycles. The molecule has 1 unspecified atom stereocenters. The first kappa shape index (κ1) is 14.7. The van der Waals surface area contributed by atoms with Crippen molar-refractivity contribution in [1.82, 2.24) is 10.2 Å². The number of nitrogens with two attached hydrogens (primary N) is 1. The Morgan fingerprint density at radius 1 is 1.55 bits per heavy atom. The highest BCUT2D eigenvalue weighted by molar-refractivity contribution is 7.90. The highest BCUT2D eigenvalue weighted by atomic mass is 32.2. The van der Waals surface area contributed by atoms with Crippen molar-refractivity contribution in [2.75, 3.05) is 18.8 Å². The number of amides is 1. The second kappa shape index (κ2) is 5.76. The summed E-state index contributed by atoms with van der Waals surface area (Å²) in [7, 11) is -3.36. The van der Waals surface area contributed by atoms with Gasteiger partial charge in [-0.1, -0.05) is 0 Å². The number of nitrogens with zero attached hydrogens (tertiary/aromatic N) is 2. The minimum Gasteiger partial charge on any atom is -0.352 e. The molecule has 0 aromatic carbocycles. The molecule has 0 aromatic heterocycles. The minimum atomic E-state index is -3.36. The second-order valence-electron chi connectivity index (χ2n) is 4.87. The first-order chi connectivity index (χ1) is 9.37. The van der Waals surface area contributed by atoms with Crippen LogP contribution in [0.15, 0.2) is 28.3 Å². The molecule has 0 saturated heterocycles. The topological polar surface area (TPSA) is 105 Å². The van der Waals surface area contributed by atoms with Crippen LogP contribution in [0.4, 0.5) is 0 Å². The highest BCUT2D eigenvalue weighted by Crippen LogP contribution is 2.15. The van der Waals surface area contributed by atoms with E-state index >= 15 is 0 Å². The number of hydrogen-bond donors (Lipinski definition) is 2. The Bertz CT molecular complexity index is 590. The van der Waals surface area contributed by atoms with Crippen LogP contribution in [0.3, 0.4) is 0 Å². The first-order valence-electron chi connectivity index (χ1n) is 6.40. The summed E-state index contributed by atoms with van der Waals surface area (Å²) in [5, 5.41) is 2.77. The average molecular weight is 298 g/mol. The van der Waals surface area contributed by atoms with E-state index in [0.717, 1.165) is 0 Å². The number of fused-ring (bicyclic) bond motifs is 1. The Labute approximate surface area is 118 Å². The van der Waals surface area contributed by atoms with Crippen molar-refractivity contribution in [2.24, 2.45) is 10.1 Å². The fraction of sp³-hybridized carbons (Fsp3) is 0.500. The molecule has 110 valence electrons. The zero-order chi connectivity index (χ0) is 14.8. The summed E-state index contributed by atoms with van der Waals surface area (Å²) in [5.41, 5.74) is 6.09. The zero-order valence-corrected chi connectivity index (χ0v) is 12.1. The average Bonchev–Trinajstić information content (AvgIpc) is 2.36. The number of carbonyl (C=O) groups is 1. The van der Waals surface area contributed by atoms with Crippen LogP contribution < -0.4 is 11.1 Å². The third-order valence-electron chi connectivity index (χ3n) is 2.97. The molecule has 0 fully saturated rings. The van der Waals surface area contributed by atoms with Crippen molar-refractivity contribution in [2.45, 2.75) is 19.4 Å².